The topological polar surface area (TPSA) is 68.0 Å². The molecule has 0 saturated heterocycles. The summed E-state index contributed by atoms with van der Waals surface area (Å²) in [5.74, 6) is -0.162. The molecular weight excluding hydrogens is 290 g/mol. The largest absolute Gasteiger partial charge is 0.336 e. The van der Waals surface area contributed by atoms with E-state index in [4.69, 9.17) is 4.52 Å². The zero-order chi connectivity index (χ0) is 16.0. The minimum Gasteiger partial charge on any atom is -0.336 e. The van der Waals surface area contributed by atoms with Crippen molar-refractivity contribution in [3.05, 3.63) is 52.3 Å². The van der Waals surface area contributed by atoms with Crippen molar-refractivity contribution in [3.8, 4) is 0 Å². The lowest BCUT2D eigenvalue weighted by atomic mass is 10.1. The van der Waals surface area contributed by atoms with Gasteiger partial charge in [0.15, 0.2) is 0 Å². The number of rotatable bonds is 2. The Bertz CT molecular complexity index is 927. The Labute approximate surface area is 133 Å². The van der Waals surface area contributed by atoms with Gasteiger partial charge in [-0.3, -0.25) is 4.79 Å². The fourth-order valence-electron chi connectivity index (χ4n) is 3.24. The number of carbonyl (C=O) groups is 1. The van der Waals surface area contributed by atoms with Crippen molar-refractivity contribution in [2.24, 2.45) is 0 Å². The zero-order valence-electron chi connectivity index (χ0n) is 13.1. The van der Waals surface area contributed by atoms with Gasteiger partial charge in [-0.25, -0.2) is 4.98 Å². The van der Waals surface area contributed by atoms with Crippen LogP contribution in [0, 0.1) is 13.8 Å². The van der Waals surface area contributed by atoms with Crippen LogP contribution in [-0.2, 0) is 12.8 Å². The van der Waals surface area contributed by atoms with Crippen LogP contribution in [0.15, 0.2) is 28.8 Å². The number of anilines is 1. The van der Waals surface area contributed by atoms with Crippen LogP contribution in [-0.4, -0.2) is 16.0 Å². The van der Waals surface area contributed by atoms with E-state index in [1.54, 1.807) is 6.07 Å². The maximum Gasteiger partial charge on any atom is 0.258 e. The van der Waals surface area contributed by atoms with Crippen LogP contribution < -0.4 is 5.32 Å². The van der Waals surface area contributed by atoms with E-state index < -0.39 is 0 Å². The molecule has 5 nitrogen and oxygen atoms in total. The third-order valence-electron chi connectivity index (χ3n) is 4.35. The van der Waals surface area contributed by atoms with Gasteiger partial charge in [0.25, 0.3) is 11.6 Å². The van der Waals surface area contributed by atoms with E-state index in [2.05, 4.69) is 27.6 Å². The van der Waals surface area contributed by atoms with Gasteiger partial charge in [-0.2, -0.15) is 0 Å². The second kappa shape index (κ2) is 5.19. The predicted molar refractivity (Wildman–Crippen MR) is 87.7 cm³/mol. The Kier molecular flexibility index (Phi) is 3.15. The van der Waals surface area contributed by atoms with E-state index in [1.807, 2.05) is 19.9 Å². The molecule has 1 amide bonds. The highest BCUT2D eigenvalue weighted by Gasteiger charge is 2.18. The van der Waals surface area contributed by atoms with Gasteiger partial charge >= 0.3 is 0 Å². The number of aromatic nitrogens is 2. The van der Waals surface area contributed by atoms with Gasteiger partial charge in [-0.1, -0.05) is 11.2 Å². The van der Waals surface area contributed by atoms with Crippen LogP contribution in [0.2, 0.25) is 0 Å². The second-order valence-electron chi connectivity index (χ2n) is 6.05. The van der Waals surface area contributed by atoms with Gasteiger partial charge in [0.2, 0.25) is 0 Å². The summed E-state index contributed by atoms with van der Waals surface area (Å²) in [6.45, 7) is 3.65. The number of hydrogen-bond acceptors (Lipinski definition) is 4. The number of hydrogen-bond donors (Lipinski definition) is 1. The maximum atomic E-state index is 12.7. The van der Waals surface area contributed by atoms with E-state index in [1.165, 1.54) is 17.5 Å². The molecule has 4 rings (SSSR count). The minimum atomic E-state index is -0.162. The molecule has 2 aromatic heterocycles. The Balaban J connectivity index is 1.71. The standard InChI is InChI=1S/C18H17N3O2/c1-10-8-15(16-11(2)21-23-18(16)19-10)17(22)20-14-7-6-12-4-3-5-13(12)9-14/h6-9H,3-5H2,1-2H3,(H,20,22). The summed E-state index contributed by atoms with van der Waals surface area (Å²) in [5, 5.41) is 7.58. The van der Waals surface area contributed by atoms with Crippen molar-refractivity contribution in [2.45, 2.75) is 33.1 Å². The molecule has 2 heterocycles. The molecule has 1 aliphatic rings. The Morgan fingerprint density at radius 2 is 2.00 bits per heavy atom. The van der Waals surface area contributed by atoms with Crippen molar-refractivity contribution in [2.75, 3.05) is 5.32 Å². The number of amides is 1. The first-order chi connectivity index (χ1) is 11.1. The van der Waals surface area contributed by atoms with Gasteiger partial charge in [0.1, 0.15) is 0 Å². The molecule has 0 spiro atoms. The van der Waals surface area contributed by atoms with Gasteiger partial charge in [0, 0.05) is 11.4 Å². The first-order valence-corrected chi connectivity index (χ1v) is 7.78. The van der Waals surface area contributed by atoms with E-state index in [-0.39, 0.29) is 5.91 Å². The molecule has 0 radical (unpaired) electrons. The molecule has 1 aliphatic carbocycles. The second-order valence-corrected chi connectivity index (χ2v) is 6.05. The summed E-state index contributed by atoms with van der Waals surface area (Å²) in [4.78, 5) is 17.0. The van der Waals surface area contributed by atoms with Crippen LogP contribution in [0.4, 0.5) is 5.69 Å². The highest BCUT2D eigenvalue weighted by Crippen LogP contribution is 2.26. The summed E-state index contributed by atoms with van der Waals surface area (Å²) in [5.41, 5.74) is 5.90. The van der Waals surface area contributed by atoms with Crippen molar-refractivity contribution >= 4 is 22.7 Å². The number of benzene rings is 1. The molecule has 23 heavy (non-hydrogen) atoms. The van der Waals surface area contributed by atoms with E-state index in [0.717, 1.165) is 24.2 Å². The molecule has 0 atom stereocenters. The molecule has 0 unspecified atom stereocenters. The Hall–Kier alpha value is -2.69. The molecule has 0 aliphatic heterocycles. The highest BCUT2D eigenvalue weighted by atomic mass is 16.5. The average molecular weight is 307 g/mol. The fraction of sp³-hybridized carbons (Fsp3) is 0.278. The van der Waals surface area contributed by atoms with Crippen molar-refractivity contribution in [1.29, 1.82) is 0 Å². The van der Waals surface area contributed by atoms with E-state index >= 15 is 0 Å². The number of fused-ring (bicyclic) bond motifs is 2. The van der Waals surface area contributed by atoms with Gasteiger partial charge in [-0.15, -0.1) is 0 Å². The van der Waals surface area contributed by atoms with Crippen LogP contribution in [0.3, 0.4) is 0 Å². The van der Waals surface area contributed by atoms with Crippen LogP contribution in [0.1, 0.15) is 39.3 Å². The quantitative estimate of drug-likeness (QED) is 0.785. The monoisotopic (exact) mass is 307 g/mol. The third-order valence-corrected chi connectivity index (χ3v) is 4.35. The lowest BCUT2D eigenvalue weighted by Crippen LogP contribution is -2.13. The normalized spacial score (nSPS) is 13.3. The Morgan fingerprint density at radius 3 is 2.87 bits per heavy atom. The predicted octanol–water partition coefficient (Wildman–Crippen LogP) is 3.58. The maximum absolute atomic E-state index is 12.7. The molecule has 3 aromatic rings. The summed E-state index contributed by atoms with van der Waals surface area (Å²) >= 11 is 0. The van der Waals surface area contributed by atoms with Crippen molar-refractivity contribution in [1.82, 2.24) is 10.1 Å². The summed E-state index contributed by atoms with van der Waals surface area (Å²) < 4.78 is 5.19. The molecule has 5 heteroatoms. The first-order valence-electron chi connectivity index (χ1n) is 7.78. The number of aryl methyl sites for hydroxylation is 4. The highest BCUT2D eigenvalue weighted by molar-refractivity contribution is 6.12. The first kappa shape index (κ1) is 13.9. The SMILES string of the molecule is Cc1cc(C(=O)Nc2ccc3c(c2)CCC3)c2c(C)noc2n1. The zero-order valence-corrected chi connectivity index (χ0v) is 13.1. The van der Waals surface area contributed by atoms with Gasteiger partial charge in [-0.05, 0) is 62.4 Å². The molecule has 0 bridgehead atoms. The number of nitrogens with zero attached hydrogens (tertiary/aromatic N) is 2. The number of pyridine rings is 1. The van der Waals surface area contributed by atoms with Gasteiger partial charge in [0.05, 0.1) is 16.6 Å². The fourth-order valence-corrected chi connectivity index (χ4v) is 3.24. The van der Waals surface area contributed by atoms with Crippen molar-refractivity contribution in [3.63, 3.8) is 0 Å². The van der Waals surface area contributed by atoms with E-state index in [0.29, 0.717) is 22.4 Å². The molecule has 1 N–H and O–H groups in total. The summed E-state index contributed by atoms with van der Waals surface area (Å²) in [7, 11) is 0. The average Bonchev–Trinajstić information content (AvgIpc) is 3.13. The lowest BCUT2D eigenvalue weighted by Gasteiger charge is -2.09. The molecular formula is C18H17N3O2. The molecule has 116 valence electrons. The summed E-state index contributed by atoms with van der Waals surface area (Å²) in [6, 6.07) is 7.92. The van der Waals surface area contributed by atoms with Gasteiger partial charge < -0.3 is 9.84 Å². The van der Waals surface area contributed by atoms with Crippen LogP contribution >= 0.6 is 0 Å². The number of carbonyl (C=O) groups excluding carboxylic acids is 1. The molecule has 0 fully saturated rings. The third kappa shape index (κ3) is 2.38. The Morgan fingerprint density at radius 1 is 1.17 bits per heavy atom. The smallest absolute Gasteiger partial charge is 0.258 e. The number of nitrogens with one attached hydrogen (secondary N) is 1. The molecule has 0 saturated carbocycles. The van der Waals surface area contributed by atoms with Crippen LogP contribution in [0.5, 0.6) is 0 Å². The minimum absolute atomic E-state index is 0.162. The summed E-state index contributed by atoms with van der Waals surface area (Å²) in [6.07, 6.45) is 3.41. The van der Waals surface area contributed by atoms with Crippen molar-refractivity contribution < 1.29 is 9.32 Å². The van der Waals surface area contributed by atoms with Crippen LogP contribution in [0.25, 0.3) is 11.1 Å². The lowest BCUT2D eigenvalue weighted by molar-refractivity contribution is 0.102. The van der Waals surface area contributed by atoms with E-state index in [9.17, 15) is 4.79 Å². The molecule has 1 aromatic carbocycles.